The second-order valence-corrected chi connectivity index (χ2v) is 7.82. The highest BCUT2D eigenvalue weighted by Gasteiger charge is 2.18. The zero-order valence-electron chi connectivity index (χ0n) is 14.5. The first-order valence-corrected chi connectivity index (χ1v) is 9.92. The lowest BCUT2D eigenvalue weighted by Crippen LogP contribution is -2.31. The number of amides is 1. The number of nitrogens with one attached hydrogen (secondary N) is 1. The highest BCUT2D eigenvalue weighted by Crippen LogP contribution is 2.21. The highest BCUT2D eigenvalue weighted by atomic mass is 35.5. The number of rotatable bonds is 7. The summed E-state index contributed by atoms with van der Waals surface area (Å²) in [5.74, 6) is -1.23. The maximum Gasteiger partial charge on any atom is 0.338 e. The second kappa shape index (κ2) is 8.98. The molecule has 2 rings (SSSR count). The van der Waals surface area contributed by atoms with Crippen molar-refractivity contribution in [1.82, 2.24) is 5.32 Å². The molecule has 0 aliphatic heterocycles. The molecule has 9 heteroatoms. The molecular weight excluding hydrogens is 392 g/mol. The first-order valence-electron chi connectivity index (χ1n) is 7.99. The molecular formula is C18H19ClN2O5S. The average Bonchev–Trinajstić information content (AvgIpc) is 2.64. The molecule has 0 radical (unpaired) electrons. The van der Waals surface area contributed by atoms with Gasteiger partial charge in [-0.25, -0.2) is 18.4 Å². The molecule has 0 fully saturated rings. The van der Waals surface area contributed by atoms with Crippen LogP contribution < -0.4 is 10.5 Å². The van der Waals surface area contributed by atoms with Crippen LogP contribution in [0, 0.1) is 0 Å². The maximum atomic E-state index is 12.0. The molecule has 0 saturated heterocycles. The van der Waals surface area contributed by atoms with E-state index in [0.717, 1.165) is 11.6 Å². The molecule has 0 aliphatic rings. The predicted octanol–water partition coefficient (Wildman–Crippen LogP) is 2.06. The van der Waals surface area contributed by atoms with Crippen LogP contribution >= 0.6 is 11.6 Å². The number of carbonyl (C=O) groups excluding carboxylic acids is 2. The van der Waals surface area contributed by atoms with Crippen LogP contribution in [-0.2, 0) is 19.6 Å². The number of esters is 1. The van der Waals surface area contributed by atoms with E-state index in [1.54, 1.807) is 0 Å². The largest absolute Gasteiger partial charge is 0.452 e. The number of carbonyl (C=O) groups is 2. The number of hydrogen-bond acceptors (Lipinski definition) is 5. The van der Waals surface area contributed by atoms with Gasteiger partial charge in [0.2, 0.25) is 10.0 Å². The predicted molar refractivity (Wildman–Crippen MR) is 101 cm³/mol. The molecule has 3 N–H and O–H groups in total. The van der Waals surface area contributed by atoms with Crippen LogP contribution in [0.4, 0.5) is 0 Å². The van der Waals surface area contributed by atoms with Crippen LogP contribution in [0.1, 0.15) is 28.8 Å². The van der Waals surface area contributed by atoms with E-state index < -0.39 is 28.5 Å². The van der Waals surface area contributed by atoms with Crippen LogP contribution in [0.3, 0.4) is 0 Å². The van der Waals surface area contributed by atoms with Crippen LogP contribution in [0.5, 0.6) is 0 Å². The van der Waals surface area contributed by atoms with E-state index in [2.05, 4.69) is 5.32 Å². The molecule has 1 atom stereocenters. The van der Waals surface area contributed by atoms with E-state index in [-0.39, 0.29) is 21.4 Å². The Morgan fingerprint density at radius 3 is 2.48 bits per heavy atom. The number of ether oxygens (including phenoxy) is 1. The molecule has 1 amide bonds. The summed E-state index contributed by atoms with van der Waals surface area (Å²) in [4.78, 5) is 23.5. The first-order chi connectivity index (χ1) is 12.7. The van der Waals surface area contributed by atoms with E-state index in [1.807, 2.05) is 37.3 Å². The van der Waals surface area contributed by atoms with Gasteiger partial charge in [-0.1, -0.05) is 48.9 Å². The van der Waals surface area contributed by atoms with Gasteiger partial charge in [0.25, 0.3) is 5.91 Å². The lowest BCUT2D eigenvalue weighted by Gasteiger charge is -2.13. The van der Waals surface area contributed by atoms with Crippen molar-refractivity contribution in [3.8, 4) is 0 Å². The van der Waals surface area contributed by atoms with Crippen LogP contribution in [0.15, 0.2) is 53.4 Å². The summed E-state index contributed by atoms with van der Waals surface area (Å²) < 4.78 is 27.8. The van der Waals surface area contributed by atoms with E-state index >= 15 is 0 Å². The molecule has 0 aliphatic carbocycles. The molecule has 0 aromatic heterocycles. The zero-order chi connectivity index (χ0) is 20.0. The minimum atomic E-state index is -4.08. The molecule has 0 spiro atoms. The van der Waals surface area contributed by atoms with E-state index in [0.29, 0.717) is 6.54 Å². The molecule has 0 unspecified atom stereocenters. The van der Waals surface area contributed by atoms with Crippen molar-refractivity contribution in [1.29, 1.82) is 0 Å². The van der Waals surface area contributed by atoms with Gasteiger partial charge >= 0.3 is 5.97 Å². The van der Waals surface area contributed by atoms with Gasteiger partial charge in [-0.15, -0.1) is 0 Å². The van der Waals surface area contributed by atoms with E-state index in [9.17, 15) is 18.0 Å². The second-order valence-electron chi connectivity index (χ2n) is 5.88. The molecule has 2 aromatic rings. The third-order valence-corrected chi connectivity index (χ3v) is 5.17. The molecule has 0 saturated carbocycles. The molecule has 144 valence electrons. The van der Waals surface area contributed by atoms with Crippen molar-refractivity contribution in [2.45, 2.75) is 17.7 Å². The Labute approximate surface area is 162 Å². The number of halogens is 1. The SMILES string of the molecule is C[C@H](CNC(=O)COC(=O)c1ccc(Cl)c(S(N)(=O)=O)c1)c1ccccc1. The van der Waals surface area contributed by atoms with Gasteiger partial charge in [0.05, 0.1) is 10.6 Å². The number of hydrogen-bond donors (Lipinski definition) is 2. The molecule has 7 nitrogen and oxygen atoms in total. The monoisotopic (exact) mass is 410 g/mol. The number of primary sulfonamides is 1. The number of sulfonamides is 1. The standard InChI is InChI=1S/C18H19ClN2O5S/c1-12(13-5-3-2-4-6-13)10-21-17(22)11-26-18(23)14-7-8-15(19)16(9-14)27(20,24)25/h2-9,12H,10-11H2,1H3,(H,21,22)(H2,20,24,25)/t12-/m1/s1. The highest BCUT2D eigenvalue weighted by molar-refractivity contribution is 7.89. The Bertz CT molecular complexity index is 932. The normalized spacial score (nSPS) is 12.3. The summed E-state index contributed by atoms with van der Waals surface area (Å²) in [5, 5.41) is 7.61. The minimum absolute atomic E-state index is 0.0751. The summed E-state index contributed by atoms with van der Waals surface area (Å²) in [6.07, 6.45) is 0. The summed E-state index contributed by atoms with van der Waals surface area (Å²) in [6, 6.07) is 13.2. The fourth-order valence-electron chi connectivity index (χ4n) is 2.28. The van der Waals surface area contributed by atoms with Crippen molar-refractivity contribution >= 4 is 33.5 Å². The van der Waals surface area contributed by atoms with E-state index in [4.69, 9.17) is 21.5 Å². The Balaban J connectivity index is 1.89. The quantitative estimate of drug-likeness (QED) is 0.678. The zero-order valence-corrected chi connectivity index (χ0v) is 16.1. The molecule has 0 bridgehead atoms. The Morgan fingerprint density at radius 2 is 1.85 bits per heavy atom. The van der Waals surface area contributed by atoms with Gasteiger partial charge in [-0.2, -0.15) is 0 Å². The van der Waals surface area contributed by atoms with Gasteiger partial charge < -0.3 is 10.1 Å². The van der Waals surface area contributed by atoms with Gasteiger partial charge in [0.15, 0.2) is 6.61 Å². The van der Waals surface area contributed by atoms with Crippen molar-refractivity contribution in [3.63, 3.8) is 0 Å². The fraction of sp³-hybridized carbons (Fsp3) is 0.222. The lowest BCUT2D eigenvalue weighted by molar-refractivity contribution is -0.124. The van der Waals surface area contributed by atoms with Crippen molar-refractivity contribution in [2.75, 3.05) is 13.2 Å². The topological polar surface area (TPSA) is 116 Å². The average molecular weight is 411 g/mol. The lowest BCUT2D eigenvalue weighted by atomic mass is 10.0. The van der Waals surface area contributed by atoms with Crippen LogP contribution in [0.25, 0.3) is 0 Å². The summed E-state index contributed by atoms with van der Waals surface area (Å²) >= 11 is 5.76. The third kappa shape index (κ3) is 6.06. The number of nitrogens with two attached hydrogens (primary N) is 1. The molecule has 27 heavy (non-hydrogen) atoms. The Morgan fingerprint density at radius 1 is 1.19 bits per heavy atom. The molecule has 2 aromatic carbocycles. The van der Waals surface area contributed by atoms with Crippen molar-refractivity contribution < 1.29 is 22.7 Å². The van der Waals surface area contributed by atoms with Gasteiger partial charge in [-0.05, 0) is 29.7 Å². The summed E-state index contributed by atoms with van der Waals surface area (Å²) in [7, 11) is -4.08. The molecule has 0 heterocycles. The van der Waals surface area contributed by atoms with Gasteiger partial charge in [-0.3, -0.25) is 4.79 Å². The van der Waals surface area contributed by atoms with Crippen molar-refractivity contribution in [2.24, 2.45) is 5.14 Å². The summed E-state index contributed by atoms with van der Waals surface area (Å²) in [5.41, 5.74) is 1.00. The Hall–Kier alpha value is -2.42. The van der Waals surface area contributed by atoms with Crippen LogP contribution in [0.2, 0.25) is 5.02 Å². The third-order valence-electron chi connectivity index (χ3n) is 3.78. The first kappa shape index (κ1) is 20.9. The van der Waals surface area contributed by atoms with E-state index in [1.165, 1.54) is 12.1 Å². The Kier molecular flexibility index (Phi) is 6.95. The van der Waals surface area contributed by atoms with Gasteiger partial charge in [0, 0.05) is 6.54 Å². The smallest absolute Gasteiger partial charge is 0.338 e. The fourth-order valence-corrected chi connectivity index (χ4v) is 3.35. The van der Waals surface area contributed by atoms with Gasteiger partial charge in [0.1, 0.15) is 4.90 Å². The van der Waals surface area contributed by atoms with Crippen LogP contribution in [-0.4, -0.2) is 33.4 Å². The maximum absolute atomic E-state index is 12.0. The van der Waals surface area contributed by atoms with Crippen molar-refractivity contribution in [3.05, 3.63) is 64.7 Å². The minimum Gasteiger partial charge on any atom is -0.452 e. The summed E-state index contributed by atoms with van der Waals surface area (Å²) in [6.45, 7) is 1.86. The number of benzene rings is 2.